The summed E-state index contributed by atoms with van der Waals surface area (Å²) in [5, 5.41) is 8.82. The fourth-order valence-corrected chi connectivity index (χ4v) is 4.18. The molecule has 0 fully saturated rings. The molecule has 13 heavy (non-hydrogen) atoms. The molecule has 1 aromatic carbocycles. The van der Waals surface area contributed by atoms with Crippen LogP contribution in [0.5, 0.6) is 0 Å². The van der Waals surface area contributed by atoms with Crippen LogP contribution in [0.2, 0.25) is 0 Å². The van der Waals surface area contributed by atoms with Gasteiger partial charge in [0, 0.05) is 7.14 Å². The molecule has 0 aliphatic carbocycles. The quantitative estimate of drug-likeness (QED) is 0.487. The van der Waals surface area contributed by atoms with Crippen LogP contribution in [0, 0.1) is 10.7 Å². The summed E-state index contributed by atoms with van der Waals surface area (Å²) >= 11 is 2.62. The van der Waals surface area contributed by atoms with Crippen molar-refractivity contribution < 1.29 is 13.0 Å². The molecule has 6 heteroatoms. The van der Waals surface area contributed by atoms with Crippen molar-refractivity contribution in [2.75, 3.05) is 0 Å². The van der Waals surface area contributed by atoms with Crippen molar-refractivity contribution >= 4 is 72.3 Å². The monoisotopic (exact) mass is 516 g/mol. The number of carboxylic acids is 1. The first-order valence-electron chi connectivity index (χ1n) is 3.05. The van der Waals surface area contributed by atoms with Crippen LogP contribution < -0.4 is 0 Å². The minimum Gasteiger partial charge on any atom is -0.478 e. The number of hydrogen-bond acceptors (Lipinski definition) is 2. The lowest BCUT2D eigenvalue weighted by molar-refractivity contribution is 0.0695. The molecular formula is C7H3I3O3. The molecule has 0 amide bonds. The molecule has 0 unspecified atom stereocenters. The average molecular weight is 516 g/mol. The van der Waals surface area contributed by atoms with Crippen LogP contribution >= 0.6 is 66.4 Å². The highest BCUT2D eigenvalue weighted by molar-refractivity contribution is 14.2. The molecule has 0 aliphatic heterocycles. The van der Waals surface area contributed by atoms with Gasteiger partial charge in [0.05, 0.1) is 9.13 Å². The maximum Gasteiger partial charge on any atom is 0.336 e. The molecular weight excluding hydrogens is 513 g/mol. The fraction of sp³-hybridized carbons (Fsp3) is 0. The third-order valence-electron chi connectivity index (χ3n) is 1.30. The normalized spacial score (nSPS) is 10.0. The zero-order valence-electron chi connectivity index (χ0n) is 6.05. The third kappa shape index (κ3) is 2.81. The van der Waals surface area contributed by atoms with Gasteiger partial charge in [-0.15, -0.1) is 0 Å². The fourth-order valence-electron chi connectivity index (χ4n) is 0.790. The van der Waals surface area contributed by atoms with E-state index in [2.05, 4.69) is 0 Å². The van der Waals surface area contributed by atoms with Crippen LogP contribution in [0.1, 0.15) is 10.4 Å². The van der Waals surface area contributed by atoms with Gasteiger partial charge >= 0.3 is 5.97 Å². The second-order valence-electron chi connectivity index (χ2n) is 2.13. The average Bonchev–Trinajstić information content (AvgIpc) is 2.02. The van der Waals surface area contributed by atoms with Crippen LogP contribution in [0.25, 0.3) is 0 Å². The molecule has 0 aliphatic rings. The van der Waals surface area contributed by atoms with E-state index < -0.39 is 27.2 Å². The van der Waals surface area contributed by atoms with Crippen molar-refractivity contribution in [3.63, 3.8) is 0 Å². The second kappa shape index (κ2) is 4.96. The highest BCUT2D eigenvalue weighted by Gasteiger charge is 2.14. The van der Waals surface area contributed by atoms with Crippen molar-refractivity contribution in [1.82, 2.24) is 0 Å². The number of carbonyl (C=O) groups is 1. The molecule has 0 aromatic heterocycles. The molecule has 70 valence electrons. The Morgan fingerprint density at radius 3 is 2.46 bits per heavy atom. The maximum atomic E-state index is 10.8. The first-order valence-corrected chi connectivity index (χ1v) is 7.17. The van der Waals surface area contributed by atoms with Crippen molar-refractivity contribution in [2.24, 2.45) is 0 Å². The summed E-state index contributed by atoms with van der Waals surface area (Å²) in [6.45, 7) is 0. The predicted molar refractivity (Wildman–Crippen MR) is 72.2 cm³/mol. The predicted octanol–water partition coefficient (Wildman–Crippen LogP) is 3.08. The molecule has 0 saturated heterocycles. The lowest BCUT2D eigenvalue weighted by Gasteiger charge is -2.01. The van der Waals surface area contributed by atoms with Crippen molar-refractivity contribution in [1.29, 1.82) is 0 Å². The smallest absolute Gasteiger partial charge is 0.336 e. The Hall–Kier alpha value is 0.680. The van der Waals surface area contributed by atoms with Crippen molar-refractivity contribution in [3.05, 3.63) is 28.4 Å². The minimum atomic E-state index is -1.42. The molecule has 0 radical (unpaired) electrons. The van der Waals surface area contributed by atoms with E-state index in [1.165, 1.54) is 6.07 Å². The molecule has 1 aromatic rings. The van der Waals surface area contributed by atoms with E-state index in [1.807, 2.05) is 51.2 Å². The Bertz CT molecular complexity index is 375. The van der Waals surface area contributed by atoms with Gasteiger partial charge in [0.2, 0.25) is 0 Å². The Labute approximate surface area is 112 Å². The summed E-state index contributed by atoms with van der Waals surface area (Å²) in [5.74, 6) is -1.01. The Kier molecular flexibility index (Phi) is 4.48. The molecule has 3 nitrogen and oxygen atoms in total. The van der Waals surface area contributed by atoms with E-state index >= 15 is 0 Å². The summed E-state index contributed by atoms with van der Waals surface area (Å²) in [7, 11) is 0. The van der Waals surface area contributed by atoms with Gasteiger partial charge in [-0.2, -0.15) is 0 Å². The Morgan fingerprint density at radius 1 is 1.38 bits per heavy atom. The van der Waals surface area contributed by atoms with Gasteiger partial charge in [0.25, 0.3) is 0 Å². The zero-order chi connectivity index (χ0) is 10.0. The Balaban J connectivity index is 3.46. The van der Waals surface area contributed by atoms with Crippen LogP contribution in [0.4, 0.5) is 0 Å². The van der Waals surface area contributed by atoms with E-state index in [4.69, 9.17) is 5.11 Å². The number of aromatic carboxylic acids is 1. The number of carboxylic acid groups (broad SMARTS) is 1. The van der Waals surface area contributed by atoms with Crippen LogP contribution in [0.3, 0.4) is 0 Å². The van der Waals surface area contributed by atoms with Gasteiger partial charge in [-0.1, -0.05) is 0 Å². The summed E-state index contributed by atoms with van der Waals surface area (Å²) < 4.78 is 12.9. The third-order valence-corrected chi connectivity index (χ3v) is 5.41. The van der Waals surface area contributed by atoms with Crippen molar-refractivity contribution in [3.8, 4) is 0 Å². The van der Waals surface area contributed by atoms with Gasteiger partial charge in [0.1, 0.15) is 0 Å². The van der Waals surface area contributed by atoms with Crippen LogP contribution in [0.15, 0.2) is 12.1 Å². The standard InChI is InChI=1S/C7H3I3O3/c8-3-1-4(7(11)12)6(10-13)5(9)2-3/h1-2H,(H,11,12). The zero-order valence-corrected chi connectivity index (χ0v) is 12.5. The SMILES string of the molecule is O=Ic1c(I)cc(I)cc1C(=O)O. The molecule has 0 atom stereocenters. The lowest BCUT2D eigenvalue weighted by Crippen LogP contribution is -2.02. The molecule has 1 N–H and O–H groups in total. The number of benzene rings is 1. The van der Waals surface area contributed by atoms with Crippen LogP contribution in [-0.4, -0.2) is 11.1 Å². The number of halogens is 3. The largest absolute Gasteiger partial charge is 0.478 e. The Morgan fingerprint density at radius 2 is 2.00 bits per heavy atom. The summed E-state index contributed by atoms with van der Waals surface area (Å²) in [6, 6.07) is 3.36. The molecule has 0 heterocycles. The van der Waals surface area contributed by atoms with Gasteiger partial charge in [-0.25, -0.2) is 4.79 Å². The van der Waals surface area contributed by atoms with Crippen LogP contribution in [-0.2, 0) is 3.07 Å². The topological polar surface area (TPSA) is 54.4 Å². The number of rotatable bonds is 2. The first kappa shape index (κ1) is 11.8. The van der Waals surface area contributed by atoms with Gasteiger partial charge < -0.3 is 5.11 Å². The summed E-state index contributed by atoms with van der Waals surface area (Å²) in [6.07, 6.45) is 0. The highest BCUT2D eigenvalue weighted by atomic mass is 127. The minimum absolute atomic E-state index is 0.166. The van der Waals surface area contributed by atoms with Crippen molar-refractivity contribution in [2.45, 2.75) is 0 Å². The summed E-state index contributed by atoms with van der Waals surface area (Å²) in [4.78, 5) is 10.8. The maximum absolute atomic E-state index is 10.8. The molecule has 0 saturated carbocycles. The molecule has 0 spiro atoms. The molecule has 1 rings (SSSR count). The van der Waals surface area contributed by atoms with E-state index in [9.17, 15) is 7.86 Å². The van der Waals surface area contributed by atoms with Gasteiger partial charge in [0.15, 0.2) is 21.2 Å². The van der Waals surface area contributed by atoms with Gasteiger partial charge in [-0.3, -0.25) is 3.07 Å². The lowest BCUT2D eigenvalue weighted by atomic mass is 10.2. The second-order valence-corrected chi connectivity index (χ2v) is 6.06. The van der Waals surface area contributed by atoms with E-state index in [0.717, 1.165) is 7.14 Å². The van der Waals surface area contributed by atoms with E-state index in [0.29, 0.717) is 3.57 Å². The molecule has 0 bridgehead atoms. The summed E-state index contributed by atoms with van der Waals surface area (Å²) in [5.41, 5.74) is 0.166. The first-order chi connectivity index (χ1) is 6.06. The highest BCUT2D eigenvalue weighted by Crippen LogP contribution is 2.25. The van der Waals surface area contributed by atoms with E-state index in [-0.39, 0.29) is 5.56 Å². The van der Waals surface area contributed by atoms with Gasteiger partial charge in [-0.05, 0) is 57.3 Å². The van der Waals surface area contributed by atoms with E-state index in [1.54, 1.807) is 0 Å². The number of hydrogen-bond donors (Lipinski definition) is 1.